The number of amides is 2. The Morgan fingerprint density at radius 2 is 1.86 bits per heavy atom. The second kappa shape index (κ2) is 9.46. The van der Waals surface area contributed by atoms with Gasteiger partial charge in [-0.05, 0) is 36.5 Å². The maximum Gasteiger partial charge on any atom is 0.239 e. The summed E-state index contributed by atoms with van der Waals surface area (Å²) in [5.41, 5.74) is 1.09. The number of hydrogen-bond donors (Lipinski definition) is 1. The summed E-state index contributed by atoms with van der Waals surface area (Å²) >= 11 is 5.85. The average molecular weight is 325 g/mol. The largest absolute Gasteiger partial charge is 0.355 e. The molecule has 1 rings (SSSR count). The van der Waals surface area contributed by atoms with Gasteiger partial charge in [-0.25, -0.2) is 0 Å². The molecule has 0 spiro atoms. The van der Waals surface area contributed by atoms with E-state index < -0.39 is 0 Å². The van der Waals surface area contributed by atoms with Gasteiger partial charge in [-0.2, -0.15) is 0 Å². The standard InChI is InChI=1S/C17H25ClN2O2/c1-13(2)8-10-19-17(22)12-20(14(3)21)11-9-15-4-6-16(18)7-5-15/h4-7,13H,8-12H2,1-3H3,(H,19,22). The Hall–Kier alpha value is -1.55. The third kappa shape index (κ3) is 7.46. The van der Waals surface area contributed by atoms with Crippen molar-refractivity contribution < 1.29 is 9.59 Å². The van der Waals surface area contributed by atoms with Gasteiger partial charge < -0.3 is 10.2 Å². The van der Waals surface area contributed by atoms with Crippen molar-refractivity contribution in [3.8, 4) is 0 Å². The molecule has 0 saturated carbocycles. The molecular weight excluding hydrogens is 300 g/mol. The highest BCUT2D eigenvalue weighted by Crippen LogP contribution is 2.10. The fraction of sp³-hybridized carbons (Fsp3) is 0.529. The number of rotatable bonds is 8. The Kier molecular flexibility index (Phi) is 7.96. The SMILES string of the molecule is CC(=O)N(CCc1ccc(Cl)cc1)CC(=O)NCCC(C)C. The number of benzene rings is 1. The summed E-state index contributed by atoms with van der Waals surface area (Å²) in [6.45, 7) is 7.00. The summed E-state index contributed by atoms with van der Waals surface area (Å²) < 4.78 is 0. The highest BCUT2D eigenvalue weighted by molar-refractivity contribution is 6.30. The van der Waals surface area contributed by atoms with Gasteiger partial charge in [-0.15, -0.1) is 0 Å². The molecule has 0 heterocycles. The van der Waals surface area contributed by atoms with E-state index >= 15 is 0 Å². The van der Waals surface area contributed by atoms with Crippen LogP contribution in [0.2, 0.25) is 5.02 Å². The molecule has 2 amide bonds. The van der Waals surface area contributed by atoms with Crippen LogP contribution in [0.1, 0.15) is 32.8 Å². The molecule has 0 atom stereocenters. The van der Waals surface area contributed by atoms with Crippen molar-refractivity contribution in [1.82, 2.24) is 10.2 Å². The van der Waals surface area contributed by atoms with Crippen molar-refractivity contribution >= 4 is 23.4 Å². The number of nitrogens with zero attached hydrogens (tertiary/aromatic N) is 1. The number of hydrogen-bond acceptors (Lipinski definition) is 2. The zero-order chi connectivity index (χ0) is 16.5. The van der Waals surface area contributed by atoms with Gasteiger partial charge >= 0.3 is 0 Å². The van der Waals surface area contributed by atoms with Crippen molar-refractivity contribution in [2.45, 2.75) is 33.6 Å². The first-order chi connectivity index (χ1) is 10.4. The van der Waals surface area contributed by atoms with E-state index in [1.807, 2.05) is 24.3 Å². The Morgan fingerprint density at radius 1 is 1.23 bits per heavy atom. The molecule has 122 valence electrons. The molecule has 0 aromatic heterocycles. The Morgan fingerprint density at radius 3 is 2.41 bits per heavy atom. The molecule has 0 aliphatic rings. The number of halogens is 1. The molecule has 0 aliphatic heterocycles. The second-order valence-corrected chi connectivity index (χ2v) is 6.29. The monoisotopic (exact) mass is 324 g/mol. The molecule has 4 nitrogen and oxygen atoms in total. The zero-order valence-electron chi connectivity index (χ0n) is 13.6. The molecular formula is C17H25ClN2O2. The van der Waals surface area contributed by atoms with E-state index in [0.717, 1.165) is 12.0 Å². The van der Waals surface area contributed by atoms with E-state index in [2.05, 4.69) is 19.2 Å². The predicted molar refractivity (Wildman–Crippen MR) is 89.9 cm³/mol. The highest BCUT2D eigenvalue weighted by Gasteiger charge is 2.13. The third-order valence-corrected chi connectivity index (χ3v) is 3.66. The minimum atomic E-state index is -0.105. The van der Waals surface area contributed by atoms with Crippen LogP contribution >= 0.6 is 11.6 Å². The number of carbonyl (C=O) groups is 2. The molecule has 0 bridgehead atoms. The van der Waals surface area contributed by atoms with Gasteiger partial charge in [0.25, 0.3) is 0 Å². The normalized spacial score (nSPS) is 10.6. The van der Waals surface area contributed by atoms with E-state index in [1.54, 1.807) is 4.90 Å². The molecule has 5 heteroatoms. The van der Waals surface area contributed by atoms with Crippen LogP contribution < -0.4 is 5.32 Å². The predicted octanol–water partition coefficient (Wildman–Crippen LogP) is 2.89. The van der Waals surface area contributed by atoms with Crippen LogP contribution in [0.25, 0.3) is 0 Å². The van der Waals surface area contributed by atoms with E-state index in [0.29, 0.717) is 30.5 Å². The van der Waals surface area contributed by atoms with Gasteiger partial charge in [0.2, 0.25) is 11.8 Å². The molecule has 0 saturated heterocycles. The first-order valence-electron chi connectivity index (χ1n) is 7.65. The van der Waals surface area contributed by atoms with Crippen LogP contribution in [0.4, 0.5) is 0 Å². The molecule has 0 aliphatic carbocycles. The van der Waals surface area contributed by atoms with Crippen molar-refractivity contribution in [2.24, 2.45) is 5.92 Å². The summed E-state index contributed by atoms with van der Waals surface area (Å²) in [5.74, 6) is 0.356. The van der Waals surface area contributed by atoms with Gasteiger partial charge in [0.1, 0.15) is 0 Å². The van der Waals surface area contributed by atoms with Crippen LogP contribution in [0.5, 0.6) is 0 Å². The third-order valence-electron chi connectivity index (χ3n) is 3.41. The molecule has 1 N–H and O–H groups in total. The lowest BCUT2D eigenvalue weighted by molar-refractivity contribution is -0.134. The first kappa shape index (κ1) is 18.5. The minimum Gasteiger partial charge on any atom is -0.355 e. The minimum absolute atomic E-state index is 0.0898. The summed E-state index contributed by atoms with van der Waals surface area (Å²) in [5, 5.41) is 3.55. The fourth-order valence-electron chi connectivity index (χ4n) is 1.99. The van der Waals surface area contributed by atoms with E-state index in [4.69, 9.17) is 11.6 Å². The topological polar surface area (TPSA) is 49.4 Å². The molecule has 22 heavy (non-hydrogen) atoms. The van der Waals surface area contributed by atoms with Crippen molar-refractivity contribution in [3.05, 3.63) is 34.9 Å². The Balaban J connectivity index is 2.43. The summed E-state index contributed by atoms with van der Waals surface area (Å²) in [6, 6.07) is 7.52. The fourth-order valence-corrected chi connectivity index (χ4v) is 2.12. The summed E-state index contributed by atoms with van der Waals surface area (Å²) in [4.78, 5) is 25.1. The Labute approximate surface area is 137 Å². The highest BCUT2D eigenvalue weighted by atomic mass is 35.5. The van der Waals surface area contributed by atoms with Gasteiger partial charge in [-0.3, -0.25) is 9.59 Å². The molecule has 0 fully saturated rings. The molecule has 0 radical (unpaired) electrons. The molecule has 0 unspecified atom stereocenters. The smallest absolute Gasteiger partial charge is 0.239 e. The maximum atomic E-state index is 11.9. The van der Waals surface area contributed by atoms with Crippen molar-refractivity contribution in [1.29, 1.82) is 0 Å². The van der Waals surface area contributed by atoms with Crippen LogP contribution in [0.15, 0.2) is 24.3 Å². The van der Waals surface area contributed by atoms with Crippen molar-refractivity contribution in [3.63, 3.8) is 0 Å². The second-order valence-electron chi connectivity index (χ2n) is 5.85. The summed E-state index contributed by atoms with van der Waals surface area (Å²) in [6.07, 6.45) is 1.65. The number of nitrogens with one attached hydrogen (secondary N) is 1. The van der Waals surface area contributed by atoms with E-state index in [1.165, 1.54) is 6.92 Å². The van der Waals surface area contributed by atoms with Gasteiger partial charge in [0.15, 0.2) is 0 Å². The number of carbonyl (C=O) groups excluding carboxylic acids is 2. The van der Waals surface area contributed by atoms with Gasteiger partial charge in [-0.1, -0.05) is 37.6 Å². The van der Waals surface area contributed by atoms with Crippen molar-refractivity contribution in [2.75, 3.05) is 19.6 Å². The van der Waals surface area contributed by atoms with Gasteiger partial charge in [0, 0.05) is 25.0 Å². The summed E-state index contributed by atoms with van der Waals surface area (Å²) in [7, 11) is 0. The molecule has 1 aromatic carbocycles. The van der Waals surface area contributed by atoms with E-state index in [9.17, 15) is 9.59 Å². The Bertz CT molecular complexity index is 486. The lowest BCUT2D eigenvalue weighted by atomic mass is 10.1. The van der Waals surface area contributed by atoms with Gasteiger partial charge in [0.05, 0.1) is 6.54 Å². The maximum absolute atomic E-state index is 11.9. The van der Waals surface area contributed by atoms with Crippen LogP contribution in [0.3, 0.4) is 0 Å². The first-order valence-corrected chi connectivity index (χ1v) is 8.03. The molecule has 1 aromatic rings. The van der Waals surface area contributed by atoms with Crippen LogP contribution in [-0.2, 0) is 16.0 Å². The van der Waals surface area contributed by atoms with Crippen LogP contribution in [-0.4, -0.2) is 36.3 Å². The lowest BCUT2D eigenvalue weighted by Gasteiger charge is -2.20. The quantitative estimate of drug-likeness (QED) is 0.799. The van der Waals surface area contributed by atoms with Crippen LogP contribution in [0, 0.1) is 5.92 Å². The average Bonchev–Trinajstić information content (AvgIpc) is 2.44. The lowest BCUT2D eigenvalue weighted by Crippen LogP contribution is -2.41. The van der Waals surface area contributed by atoms with E-state index in [-0.39, 0.29) is 18.4 Å². The zero-order valence-corrected chi connectivity index (χ0v) is 14.3.